The van der Waals surface area contributed by atoms with Crippen LogP contribution in [0.25, 0.3) is 0 Å². The molecule has 2 atom stereocenters. The summed E-state index contributed by atoms with van der Waals surface area (Å²) < 4.78 is 1.96. The van der Waals surface area contributed by atoms with Gasteiger partial charge in [-0.15, -0.1) is 0 Å². The summed E-state index contributed by atoms with van der Waals surface area (Å²) in [6.45, 7) is 5.49. The average molecular weight is 179 g/mol. The topological polar surface area (TPSA) is 29.9 Å². The molecule has 1 aromatic rings. The van der Waals surface area contributed by atoms with E-state index in [4.69, 9.17) is 0 Å². The first-order valence-electron chi connectivity index (χ1n) is 4.90. The number of nitrogens with one attached hydrogen (secondary N) is 1. The Labute approximate surface area is 79.1 Å². The zero-order valence-corrected chi connectivity index (χ0v) is 8.54. The van der Waals surface area contributed by atoms with Gasteiger partial charge in [0.25, 0.3) is 0 Å². The van der Waals surface area contributed by atoms with E-state index in [1.54, 1.807) is 0 Å². The van der Waals surface area contributed by atoms with Crippen LogP contribution in [-0.2, 0) is 7.05 Å². The second kappa shape index (κ2) is 3.14. The van der Waals surface area contributed by atoms with Gasteiger partial charge in [-0.25, -0.2) is 0 Å². The molecule has 0 aliphatic carbocycles. The summed E-state index contributed by atoms with van der Waals surface area (Å²) in [4.78, 5) is 0. The number of hydrogen-bond acceptors (Lipinski definition) is 2. The molecule has 1 fully saturated rings. The van der Waals surface area contributed by atoms with Crippen LogP contribution in [0.2, 0.25) is 0 Å². The molecule has 1 aliphatic heterocycles. The molecule has 3 heteroatoms. The van der Waals surface area contributed by atoms with Gasteiger partial charge in [0.1, 0.15) is 0 Å². The Morgan fingerprint density at radius 1 is 1.62 bits per heavy atom. The van der Waals surface area contributed by atoms with Crippen molar-refractivity contribution in [1.82, 2.24) is 15.1 Å². The fraction of sp³-hybridized carbons (Fsp3) is 0.700. The Kier molecular flexibility index (Phi) is 2.12. The Morgan fingerprint density at radius 3 is 2.85 bits per heavy atom. The van der Waals surface area contributed by atoms with Crippen molar-refractivity contribution < 1.29 is 0 Å². The molecule has 1 N–H and O–H groups in total. The standard InChI is InChI=1S/C10H17N3/c1-7-4-9(5-11-7)10-6-12-13(3)8(10)2/h6-7,9,11H,4-5H2,1-3H3. The quantitative estimate of drug-likeness (QED) is 0.702. The number of nitrogens with zero attached hydrogens (tertiary/aromatic N) is 2. The summed E-state index contributed by atoms with van der Waals surface area (Å²) in [5.41, 5.74) is 2.72. The van der Waals surface area contributed by atoms with E-state index < -0.39 is 0 Å². The lowest BCUT2D eigenvalue weighted by molar-refractivity contribution is 0.657. The maximum atomic E-state index is 4.27. The van der Waals surface area contributed by atoms with Crippen LogP contribution in [0.5, 0.6) is 0 Å². The van der Waals surface area contributed by atoms with E-state index in [0.29, 0.717) is 12.0 Å². The molecule has 3 nitrogen and oxygen atoms in total. The predicted octanol–water partition coefficient (Wildman–Crippen LogP) is 1.19. The molecule has 2 rings (SSSR count). The van der Waals surface area contributed by atoms with E-state index in [2.05, 4.69) is 24.3 Å². The van der Waals surface area contributed by atoms with Crippen LogP contribution in [0.4, 0.5) is 0 Å². The van der Waals surface area contributed by atoms with E-state index in [1.807, 2.05) is 17.9 Å². The highest BCUT2D eigenvalue weighted by Crippen LogP contribution is 2.27. The van der Waals surface area contributed by atoms with Gasteiger partial charge in [-0.3, -0.25) is 4.68 Å². The van der Waals surface area contributed by atoms with Gasteiger partial charge in [-0.2, -0.15) is 5.10 Å². The molecule has 0 saturated carbocycles. The second-order valence-corrected chi connectivity index (χ2v) is 4.05. The molecular weight excluding hydrogens is 162 g/mol. The van der Waals surface area contributed by atoms with Gasteiger partial charge < -0.3 is 5.32 Å². The minimum atomic E-state index is 0.657. The first kappa shape index (κ1) is 8.75. The minimum absolute atomic E-state index is 0.657. The minimum Gasteiger partial charge on any atom is -0.314 e. The van der Waals surface area contributed by atoms with Crippen molar-refractivity contribution >= 4 is 0 Å². The Balaban J connectivity index is 2.21. The van der Waals surface area contributed by atoms with Gasteiger partial charge in [0.15, 0.2) is 0 Å². The molecular formula is C10H17N3. The fourth-order valence-electron chi connectivity index (χ4n) is 2.09. The fourth-order valence-corrected chi connectivity index (χ4v) is 2.09. The Hall–Kier alpha value is -0.830. The van der Waals surface area contributed by atoms with Crippen molar-refractivity contribution in [3.8, 4) is 0 Å². The highest BCUT2D eigenvalue weighted by molar-refractivity contribution is 5.23. The molecule has 1 aromatic heterocycles. The predicted molar refractivity (Wildman–Crippen MR) is 52.8 cm³/mol. The molecule has 0 radical (unpaired) electrons. The summed E-state index contributed by atoms with van der Waals surface area (Å²) in [5.74, 6) is 0.670. The van der Waals surface area contributed by atoms with E-state index in [0.717, 1.165) is 6.54 Å². The van der Waals surface area contributed by atoms with Crippen molar-refractivity contribution in [2.75, 3.05) is 6.54 Å². The van der Waals surface area contributed by atoms with E-state index >= 15 is 0 Å². The summed E-state index contributed by atoms with van der Waals surface area (Å²) in [6, 6.07) is 0.657. The van der Waals surface area contributed by atoms with Gasteiger partial charge in [0, 0.05) is 31.2 Å². The van der Waals surface area contributed by atoms with Gasteiger partial charge in [-0.1, -0.05) is 0 Å². The second-order valence-electron chi connectivity index (χ2n) is 4.05. The van der Waals surface area contributed by atoms with Crippen LogP contribution in [-0.4, -0.2) is 22.4 Å². The number of hydrogen-bond donors (Lipinski definition) is 1. The molecule has 0 spiro atoms. The van der Waals surface area contributed by atoms with Crippen molar-refractivity contribution in [2.24, 2.45) is 7.05 Å². The van der Waals surface area contributed by atoms with Crippen molar-refractivity contribution in [3.63, 3.8) is 0 Å². The van der Waals surface area contributed by atoms with Gasteiger partial charge in [0.05, 0.1) is 6.20 Å². The molecule has 0 amide bonds. The normalized spacial score (nSPS) is 28.2. The molecule has 0 aromatic carbocycles. The van der Waals surface area contributed by atoms with Crippen LogP contribution >= 0.6 is 0 Å². The highest BCUT2D eigenvalue weighted by Gasteiger charge is 2.24. The maximum Gasteiger partial charge on any atom is 0.0527 e. The van der Waals surface area contributed by atoms with Crippen LogP contribution in [0.3, 0.4) is 0 Å². The number of rotatable bonds is 1. The van der Waals surface area contributed by atoms with Crippen LogP contribution in [0.1, 0.15) is 30.5 Å². The van der Waals surface area contributed by atoms with Crippen LogP contribution in [0.15, 0.2) is 6.20 Å². The van der Waals surface area contributed by atoms with Crippen molar-refractivity contribution in [3.05, 3.63) is 17.5 Å². The SMILES string of the molecule is Cc1c(C2CNC(C)C2)cnn1C. The van der Waals surface area contributed by atoms with E-state index in [1.165, 1.54) is 17.7 Å². The zero-order valence-electron chi connectivity index (χ0n) is 8.54. The lowest BCUT2D eigenvalue weighted by atomic mass is 9.97. The third-order valence-corrected chi connectivity index (χ3v) is 3.06. The molecule has 13 heavy (non-hydrogen) atoms. The Morgan fingerprint density at radius 2 is 2.38 bits per heavy atom. The molecule has 2 unspecified atom stereocenters. The largest absolute Gasteiger partial charge is 0.314 e. The summed E-state index contributed by atoms with van der Waals surface area (Å²) >= 11 is 0. The maximum absolute atomic E-state index is 4.27. The molecule has 2 heterocycles. The first-order valence-corrected chi connectivity index (χ1v) is 4.90. The van der Waals surface area contributed by atoms with E-state index in [-0.39, 0.29) is 0 Å². The zero-order chi connectivity index (χ0) is 9.42. The smallest absolute Gasteiger partial charge is 0.0527 e. The van der Waals surface area contributed by atoms with Gasteiger partial charge in [-0.05, 0) is 25.8 Å². The third kappa shape index (κ3) is 1.48. The van der Waals surface area contributed by atoms with Crippen LogP contribution in [0, 0.1) is 6.92 Å². The number of aryl methyl sites for hydroxylation is 1. The molecule has 72 valence electrons. The molecule has 1 aliphatic rings. The summed E-state index contributed by atoms with van der Waals surface area (Å²) in [6.07, 6.45) is 3.26. The van der Waals surface area contributed by atoms with Crippen molar-refractivity contribution in [2.45, 2.75) is 32.2 Å². The first-order chi connectivity index (χ1) is 6.18. The molecule has 0 bridgehead atoms. The van der Waals surface area contributed by atoms with Crippen LogP contribution < -0.4 is 5.32 Å². The number of aromatic nitrogens is 2. The van der Waals surface area contributed by atoms with Crippen molar-refractivity contribution in [1.29, 1.82) is 0 Å². The van der Waals surface area contributed by atoms with Gasteiger partial charge >= 0.3 is 0 Å². The highest BCUT2D eigenvalue weighted by atomic mass is 15.3. The average Bonchev–Trinajstić information content (AvgIpc) is 2.62. The molecule has 1 saturated heterocycles. The third-order valence-electron chi connectivity index (χ3n) is 3.06. The van der Waals surface area contributed by atoms with Gasteiger partial charge in [0.2, 0.25) is 0 Å². The lowest BCUT2D eigenvalue weighted by Gasteiger charge is -2.07. The van der Waals surface area contributed by atoms with E-state index in [9.17, 15) is 0 Å². The lowest BCUT2D eigenvalue weighted by Crippen LogP contribution is -2.16. The monoisotopic (exact) mass is 179 g/mol. The summed E-state index contributed by atoms with van der Waals surface area (Å²) in [7, 11) is 2.00. The Bertz CT molecular complexity index is 303. The summed E-state index contributed by atoms with van der Waals surface area (Å²) in [5, 5.41) is 7.74.